The van der Waals surface area contributed by atoms with Crippen molar-refractivity contribution in [1.29, 1.82) is 0 Å². The molecule has 0 aromatic heterocycles. The number of carbonyl (C=O) groups excluding carboxylic acids is 2. The molecule has 2 rings (SSSR count). The molecule has 0 aliphatic carbocycles. The highest BCUT2D eigenvalue weighted by Gasteiger charge is 2.11. The van der Waals surface area contributed by atoms with Gasteiger partial charge in [-0.15, -0.1) is 0 Å². The van der Waals surface area contributed by atoms with E-state index >= 15 is 0 Å². The van der Waals surface area contributed by atoms with Crippen molar-refractivity contribution >= 4 is 17.5 Å². The van der Waals surface area contributed by atoms with Crippen molar-refractivity contribution in [1.82, 2.24) is 5.32 Å². The van der Waals surface area contributed by atoms with Crippen molar-refractivity contribution in [2.24, 2.45) is 0 Å². The number of carbonyl (C=O) groups is 2. The fourth-order valence-corrected chi connectivity index (χ4v) is 2.79. The van der Waals surface area contributed by atoms with Crippen LogP contribution in [0.4, 0.5) is 5.69 Å². The van der Waals surface area contributed by atoms with Crippen LogP contribution in [0.2, 0.25) is 0 Å². The number of unbranched alkanes of at least 4 members (excludes halogenated alkanes) is 3. The zero-order valence-electron chi connectivity index (χ0n) is 15.6. The maximum atomic E-state index is 12.4. The summed E-state index contributed by atoms with van der Waals surface area (Å²) in [6, 6.07) is 16.2. The van der Waals surface area contributed by atoms with Gasteiger partial charge in [0.05, 0.1) is 0 Å². The SMILES string of the molecule is CCCCCCC(C)NC(=O)c1cccc(NC(=O)c2ccccc2)c1. The molecule has 2 aromatic rings. The Kier molecular flexibility index (Phi) is 7.87. The minimum atomic E-state index is -0.188. The van der Waals surface area contributed by atoms with Crippen LogP contribution in [0.3, 0.4) is 0 Å². The highest BCUT2D eigenvalue weighted by molar-refractivity contribution is 6.05. The minimum absolute atomic E-state index is 0.108. The third-order valence-corrected chi connectivity index (χ3v) is 4.29. The van der Waals surface area contributed by atoms with E-state index in [4.69, 9.17) is 0 Å². The third kappa shape index (κ3) is 6.36. The van der Waals surface area contributed by atoms with Gasteiger partial charge < -0.3 is 10.6 Å². The van der Waals surface area contributed by atoms with Crippen molar-refractivity contribution < 1.29 is 9.59 Å². The van der Waals surface area contributed by atoms with Gasteiger partial charge in [-0.3, -0.25) is 9.59 Å². The summed E-state index contributed by atoms with van der Waals surface area (Å²) >= 11 is 0. The number of nitrogens with one attached hydrogen (secondary N) is 2. The van der Waals surface area contributed by atoms with E-state index < -0.39 is 0 Å². The van der Waals surface area contributed by atoms with Crippen LogP contribution in [-0.2, 0) is 0 Å². The Morgan fingerprint density at radius 2 is 1.62 bits per heavy atom. The Morgan fingerprint density at radius 3 is 2.35 bits per heavy atom. The van der Waals surface area contributed by atoms with Gasteiger partial charge in [-0.2, -0.15) is 0 Å². The van der Waals surface area contributed by atoms with Gasteiger partial charge in [0, 0.05) is 22.9 Å². The molecule has 0 saturated carbocycles. The molecule has 0 spiro atoms. The quantitative estimate of drug-likeness (QED) is 0.622. The van der Waals surface area contributed by atoms with Gasteiger partial charge in [0.1, 0.15) is 0 Å². The predicted molar refractivity (Wildman–Crippen MR) is 107 cm³/mol. The van der Waals surface area contributed by atoms with Crippen molar-refractivity contribution in [3.63, 3.8) is 0 Å². The van der Waals surface area contributed by atoms with E-state index in [1.165, 1.54) is 19.3 Å². The van der Waals surface area contributed by atoms with E-state index in [9.17, 15) is 9.59 Å². The fourth-order valence-electron chi connectivity index (χ4n) is 2.79. The number of amides is 2. The molecule has 0 bridgehead atoms. The van der Waals surface area contributed by atoms with E-state index in [0.717, 1.165) is 12.8 Å². The summed E-state index contributed by atoms with van der Waals surface area (Å²) in [5.41, 5.74) is 1.75. The Bertz CT molecular complexity index is 713. The van der Waals surface area contributed by atoms with Crippen LogP contribution in [-0.4, -0.2) is 17.9 Å². The van der Waals surface area contributed by atoms with Gasteiger partial charge in [-0.05, 0) is 43.7 Å². The molecule has 26 heavy (non-hydrogen) atoms. The Morgan fingerprint density at radius 1 is 0.885 bits per heavy atom. The number of hydrogen-bond donors (Lipinski definition) is 2. The topological polar surface area (TPSA) is 58.2 Å². The zero-order valence-corrected chi connectivity index (χ0v) is 15.6. The van der Waals surface area contributed by atoms with Crippen LogP contribution >= 0.6 is 0 Å². The summed E-state index contributed by atoms with van der Waals surface area (Å²) in [7, 11) is 0. The standard InChI is InChI=1S/C22H28N2O2/c1-3-4-5-7-11-17(2)23-22(26)19-14-10-15-20(16-19)24-21(25)18-12-8-6-9-13-18/h6,8-10,12-17H,3-5,7,11H2,1-2H3,(H,23,26)(H,24,25). The van der Waals surface area contributed by atoms with Crippen LogP contribution in [0.15, 0.2) is 54.6 Å². The first-order chi connectivity index (χ1) is 12.6. The summed E-state index contributed by atoms with van der Waals surface area (Å²) < 4.78 is 0. The van der Waals surface area contributed by atoms with Gasteiger partial charge in [0.25, 0.3) is 11.8 Å². The molecule has 1 unspecified atom stereocenters. The summed E-state index contributed by atoms with van der Waals surface area (Å²) in [4.78, 5) is 24.7. The molecule has 0 aliphatic rings. The zero-order chi connectivity index (χ0) is 18.8. The number of rotatable bonds is 9. The van der Waals surface area contributed by atoms with Gasteiger partial charge in [-0.1, -0.05) is 56.9 Å². The van der Waals surface area contributed by atoms with Crippen LogP contribution in [0.25, 0.3) is 0 Å². The summed E-state index contributed by atoms with van der Waals surface area (Å²) in [6.45, 7) is 4.22. The first-order valence-electron chi connectivity index (χ1n) is 9.37. The van der Waals surface area contributed by atoms with Gasteiger partial charge in [0.2, 0.25) is 0 Å². The smallest absolute Gasteiger partial charge is 0.255 e. The first-order valence-corrected chi connectivity index (χ1v) is 9.37. The molecule has 0 fully saturated rings. The highest BCUT2D eigenvalue weighted by atomic mass is 16.2. The average Bonchev–Trinajstić information content (AvgIpc) is 2.66. The number of hydrogen-bond acceptors (Lipinski definition) is 2. The van der Waals surface area contributed by atoms with Gasteiger partial charge in [-0.25, -0.2) is 0 Å². The molecule has 4 nitrogen and oxygen atoms in total. The molecule has 1 atom stereocenters. The van der Waals surface area contributed by atoms with Crippen LogP contribution in [0, 0.1) is 0 Å². The van der Waals surface area contributed by atoms with Crippen molar-refractivity contribution in [2.75, 3.05) is 5.32 Å². The fraction of sp³-hybridized carbons (Fsp3) is 0.364. The lowest BCUT2D eigenvalue weighted by Crippen LogP contribution is -2.32. The Labute approximate surface area is 156 Å². The van der Waals surface area contributed by atoms with E-state index in [1.54, 1.807) is 36.4 Å². The second-order valence-corrected chi connectivity index (χ2v) is 6.62. The van der Waals surface area contributed by atoms with E-state index in [0.29, 0.717) is 16.8 Å². The molecule has 2 aromatic carbocycles. The lowest BCUT2D eigenvalue weighted by Gasteiger charge is -2.14. The van der Waals surface area contributed by atoms with Gasteiger partial charge in [0.15, 0.2) is 0 Å². The second-order valence-electron chi connectivity index (χ2n) is 6.62. The highest BCUT2D eigenvalue weighted by Crippen LogP contribution is 2.13. The lowest BCUT2D eigenvalue weighted by molar-refractivity contribution is 0.0936. The Balaban J connectivity index is 1.91. The number of benzene rings is 2. The molecule has 138 valence electrons. The van der Waals surface area contributed by atoms with Crippen molar-refractivity contribution in [3.05, 3.63) is 65.7 Å². The van der Waals surface area contributed by atoms with Crippen LogP contribution in [0.5, 0.6) is 0 Å². The molecule has 0 aliphatic heterocycles. The normalized spacial score (nSPS) is 11.6. The van der Waals surface area contributed by atoms with Gasteiger partial charge >= 0.3 is 0 Å². The molecule has 4 heteroatoms. The molecule has 2 amide bonds. The van der Waals surface area contributed by atoms with Crippen LogP contribution < -0.4 is 10.6 Å². The van der Waals surface area contributed by atoms with E-state index in [2.05, 4.69) is 17.6 Å². The minimum Gasteiger partial charge on any atom is -0.350 e. The average molecular weight is 352 g/mol. The van der Waals surface area contributed by atoms with E-state index in [1.807, 2.05) is 25.1 Å². The maximum Gasteiger partial charge on any atom is 0.255 e. The third-order valence-electron chi connectivity index (χ3n) is 4.29. The van der Waals surface area contributed by atoms with Crippen LogP contribution in [0.1, 0.15) is 66.7 Å². The first kappa shape index (κ1) is 19.7. The summed E-state index contributed by atoms with van der Waals surface area (Å²) in [6.07, 6.45) is 5.77. The summed E-state index contributed by atoms with van der Waals surface area (Å²) in [5, 5.41) is 5.87. The number of anilines is 1. The monoisotopic (exact) mass is 352 g/mol. The van der Waals surface area contributed by atoms with E-state index in [-0.39, 0.29) is 17.9 Å². The molecule has 0 saturated heterocycles. The van der Waals surface area contributed by atoms with Crippen molar-refractivity contribution in [3.8, 4) is 0 Å². The van der Waals surface area contributed by atoms with Crippen molar-refractivity contribution in [2.45, 2.75) is 52.0 Å². The molecule has 0 radical (unpaired) electrons. The molecular weight excluding hydrogens is 324 g/mol. The lowest BCUT2D eigenvalue weighted by atomic mass is 10.1. The Hall–Kier alpha value is -2.62. The molecular formula is C22H28N2O2. The maximum absolute atomic E-state index is 12.4. The molecule has 2 N–H and O–H groups in total. The predicted octanol–water partition coefficient (Wildman–Crippen LogP) is 5.03. The molecule has 0 heterocycles. The summed E-state index contributed by atoms with van der Waals surface area (Å²) in [5.74, 6) is -0.295. The largest absolute Gasteiger partial charge is 0.350 e. The second kappa shape index (κ2) is 10.4.